The van der Waals surface area contributed by atoms with Gasteiger partial charge in [-0.25, -0.2) is 9.67 Å². The summed E-state index contributed by atoms with van der Waals surface area (Å²) < 4.78 is 12.9. The van der Waals surface area contributed by atoms with Crippen LogP contribution in [0.4, 0.5) is 5.69 Å². The van der Waals surface area contributed by atoms with Crippen LogP contribution in [0.5, 0.6) is 0 Å². The number of aromatic nitrogens is 4. The average Bonchev–Trinajstić information content (AvgIpc) is 3.50. The minimum absolute atomic E-state index is 0.0665. The molecule has 2 aromatic heterocycles. The number of oxazole rings is 1. The van der Waals surface area contributed by atoms with Crippen LogP contribution < -0.4 is 5.32 Å². The first-order chi connectivity index (χ1) is 15.7. The van der Waals surface area contributed by atoms with Gasteiger partial charge in [-0.15, -0.1) is 5.10 Å². The molecule has 3 heterocycles. The molecule has 1 aliphatic rings. The molecular formula is C23H24N6O3. The molecule has 1 fully saturated rings. The molecule has 0 spiro atoms. The Kier molecular flexibility index (Phi) is 5.55. The molecule has 164 valence electrons. The van der Waals surface area contributed by atoms with E-state index in [0.717, 1.165) is 28.0 Å². The van der Waals surface area contributed by atoms with Crippen molar-refractivity contribution in [1.29, 1.82) is 0 Å². The molecule has 2 aromatic carbocycles. The van der Waals surface area contributed by atoms with Gasteiger partial charge in [0.25, 0.3) is 0 Å². The first-order valence-corrected chi connectivity index (χ1v) is 10.6. The molecule has 1 unspecified atom stereocenters. The van der Waals surface area contributed by atoms with Crippen LogP contribution in [0.25, 0.3) is 22.4 Å². The number of nitrogens with one attached hydrogen (secondary N) is 1. The van der Waals surface area contributed by atoms with Gasteiger partial charge in [-0.3, -0.25) is 4.79 Å². The minimum atomic E-state index is -0.198. The molecule has 0 saturated carbocycles. The number of amides is 1. The van der Waals surface area contributed by atoms with Crippen molar-refractivity contribution in [3.63, 3.8) is 0 Å². The van der Waals surface area contributed by atoms with Crippen LogP contribution in [0, 0.1) is 0 Å². The summed E-state index contributed by atoms with van der Waals surface area (Å²) >= 11 is 0. The molecule has 0 bridgehead atoms. The number of benzene rings is 2. The maximum absolute atomic E-state index is 12.4. The van der Waals surface area contributed by atoms with Gasteiger partial charge in [0, 0.05) is 24.3 Å². The minimum Gasteiger partial charge on any atom is -0.438 e. The quantitative estimate of drug-likeness (QED) is 0.500. The number of morpholine rings is 1. The second-order valence-electron chi connectivity index (χ2n) is 7.71. The first kappa shape index (κ1) is 20.2. The first-order valence-electron chi connectivity index (χ1n) is 10.6. The number of para-hydroxylation sites is 2. The van der Waals surface area contributed by atoms with E-state index in [0.29, 0.717) is 32.2 Å². The summed E-state index contributed by atoms with van der Waals surface area (Å²) in [5, 5.41) is 11.8. The molecule has 1 amide bonds. The molecule has 9 nitrogen and oxygen atoms in total. The van der Waals surface area contributed by atoms with Crippen LogP contribution in [-0.2, 0) is 9.53 Å². The Morgan fingerprint density at radius 1 is 1.16 bits per heavy atom. The van der Waals surface area contributed by atoms with Crippen molar-refractivity contribution in [1.82, 2.24) is 24.9 Å². The molecule has 0 radical (unpaired) electrons. The molecule has 4 aromatic rings. The zero-order chi connectivity index (χ0) is 21.9. The number of carbonyl (C=O) groups is 1. The Bertz CT molecular complexity index is 1190. The van der Waals surface area contributed by atoms with Crippen LogP contribution in [0.2, 0.25) is 0 Å². The number of carbonyl (C=O) groups excluding carboxylic acids is 1. The molecule has 1 aliphatic heterocycles. The highest BCUT2D eigenvalue weighted by Gasteiger charge is 2.18. The van der Waals surface area contributed by atoms with Crippen molar-refractivity contribution in [2.45, 2.75) is 13.0 Å². The van der Waals surface area contributed by atoms with Crippen LogP contribution in [0.3, 0.4) is 0 Å². The van der Waals surface area contributed by atoms with E-state index >= 15 is 0 Å². The summed E-state index contributed by atoms with van der Waals surface area (Å²) in [7, 11) is 0. The van der Waals surface area contributed by atoms with Crippen LogP contribution in [0.1, 0.15) is 18.9 Å². The van der Waals surface area contributed by atoms with Gasteiger partial charge < -0.3 is 19.4 Å². The van der Waals surface area contributed by atoms with Gasteiger partial charge in [-0.1, -0.05) is 29.5 Å². The summed E-state index contributed by atoms with van der Waals surface area (Å²) in [5.74, 6) is 0.650. The smallest absolute Gasteiger partial charge is 0.242 e. The number of hydrogen-bond acceptors (Lipinski definition) is 7. The highest BCUT2D eigenvalue weighted by Crippen LogP contribution is 2.25. The lowest BCUT2D eigenvalue weighted by molar-refractivity contribution is -0.133. The van der Waals surface area contributed by atoms with Crippen molar-refractivity contribution < 1.29 is 13.9 Å². The highest BCUT2D eigenvalue weighted by molar-refractivity contribution is 5.81. The third-order valence-electron chi connectivity index (χ3n) is 5.54. The largest absolute Gasteiger partial charge is 0.438 e. The predicted molar refractivity (Wildman–Crippen MR) is 119 cm³/mol. The summed E-state index contributed by atoms with van der Waals surface area (Å²) in [6.07, 6.45) is 1.87. The number of fused-ring (bicyclic) bond motifs is 1. The molecule has 5 rings (SSSR count). The van der Waals surface area contributed by atoms with Gasteiger partial charge in [0.15, 0.2) is 5.58 Å². The van der Waals surface area contributed by atoms with Crippen molar-refractivity contribution in [3.05, 3.63) is 60.6 Å². The van der Waals surface area contributed by atoms with Gasteiger partial charge >= 0.3 is 0 Å². The highest BCUT2D eigenvalue weighted by atomic mass is 16.5. The lowest BCUT2D eigenvalue weighted by Gasteiger charge is -2.27. The number of anilines is 1. The average molecular weight is 432 g/mol. The van der Waals surface area contributed by atoms with E-state index in [4.69, 9.17) is 9.15 Å². The summed E-state index contributed by atoms with van der Waals surface area (Å²) in [6.45, 7) is 4.69. The fourth-order valence-corrected chi connectivity index (χ4v) is 3.67. The molecular weight excluding hydrogens is 408 g/mol. The number of nitrogens with zero attached hydrogens (tertiary/aromatic N) is 5. The number of ether oxygens (including phenoxy) is 1. The van der Waals surface area contributed by atoms with Crippen LogP contribution >= 0.6 is 0 Å². The van der Waals surface area contributed by atoms with E-state index in [1.165, 1.54) is 0 Å². The van der Waals surface area contributed by atoms with E-state index < -0.39 is 0 Å². The van der Waals surface area contributed by atoms with E-state index in [1.807, 2.05) is 66.6 Å². The van der Waals surface area contributed by atoms with Gasteiger partial charge in [0.1, 0.15) is 17.3 Å². The normalized spacial score (nSPS) is 15.1. The standard InChI is InChI=1S/C23H24N6O3/c1-16(23-25-19-7-2-3-8-21(19)32-23)29-15-20(26-27-29)17-5-4-6-18(13-17)24-14-22(30)28-9-11-31-12-10-28/h2-8,13,15-16,24H,9-12,14H2,1H3. The Balaban J connectivity index is 1.28. The lowest BCUT2D eigenvalue weighted by atomic mass is 10.1. The van der Waals surface area contributed by atoms with Gasteiger partial charge in [0.2, 0.25) is 11.8 Å². The topological polar surface area (TPSA) is 98.3 Å². The zero-order valence-electron chi connectivity index (χ0n) is 17.8. The van der Waals surface area contributed by atoms with Gasteiger partial charge in [-0.05, 0) is 31.2 Å². The zero-order valence-corrected chi connectivity index (χ0v) is 17.8. The van der Waals surface area contributed by atoms with E-state index in [-0.39, 0.29) is 18.5 Å². The molecule has 1 atom stereocenters. The maximum Gasteiger partial charge on any atom is 0.242 e. The third-order valence-corrected chi connectivity index (χ3v) is 5.54. The van der Waals surface area contributed by atoms with Crippen molar-refractivity contribution in [3.8, 4) is 11.3 Å². The third kappa shape index (κ3) is 4.19. The molecule has 0 aliphatic carbocycles. The Morgan fingerprint density at radius 3 is 2.84 bits per heavy atom. The van der Waals surface area contributed by atoms with Crippen molar-refractivity contribution in [2.75, 3.05) is 38.2 Å². The van der Waals surface area contributed by atoms with Gasteiger partial charge in [-0.2, -0.15) is 0 Å². The molecule has 1 saturated heterocycles. The maximum atomic E-state index is 12.4. The van der Waals surface area contributed by atoms with E-state index in [1.54, 1.807) is 4.68 Å². The predicted octanol–water partition coefficient (Wildman–Crippen LogP) is 2.97. The molecule has 1 N–H and O–H groups in total. The molecule has 32 heavy (non-hydrogen) atoms. The van der Waals surface area contributed by atoms with Crippen LogP contribution in [0.15, 0.2) is 59.1 Å². The van der Waals surface area contributed by atoms with E-state index in [9.17, 15) is 4.79 Å². The summed E-state index contributed by atoms with van der Waals surface area (Å²) in [6, 6.07) is 15.3. The monoisotopic (exact) mass is 432 g/mol. The fraction of sp³-hybridized carbons (Fsp3) is 0.304. The summed E-state index contributed by atoms with van der Waals surface area (Å²) in [5.41, 5.74) is 4.06. The van der Waals surface area contributed by atoms with Gasteiger partial charge in [0.05, 0.1) is 26.0 Å². The Labute approximate surface area is 185 Å². The number of hydrogen-bond donors (Lipinski definition) is 1. The van der Waals surface area contributed by atoms with Crippen LogP contribution in [-0.4, -0.2) is 63.6 Å². The van der Waals surface area contributed by atoms with Crippen molar-refractivity contribution >= 4 is 22.7 Å². The van der Waals surface area contributed by atoms with E-state index in [2.05, 4.69) is 20.6 Å². The molecule has 9 heteroatoms. The Morgan fingerprint density at radius 2 is 2.00 bits per heavy atom. The van der Waals surface area contributed by atoms with Crippen molar-refractivity contribution in [2.24, 2.45) is 0 Å². The second-order valence-corrected chi connectivity index (χ2v) is 7.71. The second kappa shape index (κ2) is 8.80. The Hall–Kier alpha value is -3.72. The fourth-order valence-electron chi connectivity index (χ4n) is 3.67. The number of rotatable bonds is 6. The summed E-state index contributed by atoms with van der Waals surface area (Å²) in [4.78, 5) is 18.7. The SMILES string of the molecule is CC(c1nc2ccccc2o1)n1cc(-c2cccc(NCC(=O)N3CCOCC3)c2)nn1. The lowest BCUT2D eigenvalue weighted by Crippen LogP contribution is -2.43.